The molecule has 0 N–H and O–H groups in total. The van der Waals surface area contributed by atoms with Gasteiger partial charge >= 0.3 is 0 Å². The van der Waals surface area contributed by atoms with Gasteiger partial charge < -0.3 is 19.3 Å². The van der Waals surface area contributed by atoms with E-state index in [1.165, 1.54) is 11.1 Å². The molecule has 158 valence electrons. The molecule has 2 aliphatic heterocycles. The number of hydrogen-bond acceptors (Lipinski definition) is 4. The van der Waals surface area contributed by atoms with E-state index in [1.54, 1.807) is 39.3 Å². The van der Waals surface area contributed by atoms with E-state index in [0.717, 1.165) is 0 Å². The fourth-order valence-corrected chi connectivity index (χ4v) is 4.97. The minimum absolute atomic E-state index is 0.00588. The van der Waals surface area contributed by atoms with Crippen molar-refractivity contribution in [3.05, 3.63) is 59.2 Å². The Kier molecular flexibility index (Phi) is 5.41. The first kappa shape index (κ1) is 20.3. The van der Waals surface area contributed by atoms with Gasteiger partial charge in [0.05, 0.1) is 20.3 Å². The third-order valence-electron chi connectivity index (χ3n) is 6.46. The maximum Gasteiger partial charge on any atom is 0.254 e. The quantitative estimate of drug-likeness (QED) is 0.779. The summed E-state index contributed by atoms with van der Waals surface area (Å²) in [5, 5.41) is 0. The predicted octanol–water partition coefficient (Wildman–Crippen LogP) is 3.30. The number of amides is 2. The topological polar surface area (TPSA) is 59.1 Å². The van der Waals surface area contributed by atoms with Gasteiger partial charge in [0.1, 0.15) is 11.5 Å². The third kappa shape index (κ3) is 3.51. The van der Waals surface area contributed by atoms with E-state index >= 15 is 0 Å². The van der Waals surface area contributed by atoms with Gasteiger partial charge in [-0.15, -0.1) is 0 Å². The molecule has 30 heavy (non-hydrogen) atoms. The molecule has 0 aromatic heterocycles. The average Bonchev–Trinajstić information content (AvgIpc) is 3.31. The monoisotopic (exact) mass is 408 g/mol. The van der Waals surface area contributed by atoms with Crippen LogP contribution in [-0.4, -0.2) is 55.5 Å². The molecule has 2 amide bonds. The van der Waals surface area contributed by atoms with Crippen LogP contribution in [-0.2, 0) is 4.79 Å². The highest BCUT2D eigenvalue weighted by Gasteiger charge is 2.49. The highest BCUT2D eigenvalue weighted by atomic mass is 16.5. The Balaban J connectivity index is 1.61. The van der Waals surface area contributed by atoms with Crippen LogP contribution in [0.3, 0.4) is 0 Å². The van der Waals surface area contributed by atoms with Crippen LogP contribution in [0.4, 0.5) is 0 Å². The summed E-state index contributed by atoms with van der Waals surface area (Å²) in [5.74, 6) is 1.75. The van der Waals surface area contributed by atoms with Crippen molar-refractivity contribution in [3.63, 3.8) is 0 Å². The Hall–Kier alpha value is -3.02. The van der Waals surface area contributed by atoms with Crippen molar-refractivity contribution >= 4 is 11.8 Å². The molecule has 6 nitrogen and oxygen atoms in total. The number of methoxy groups -OCH3 is 2. The van der Waals surface area contributed by atoms with Crippen LogP contribution in [0.25, 0.3) is 0 Å². The van der Waals surface area contributed by atoms with E-state index < -0.39 is 0 Å². The summed E-state index contributed by atoms with van der Waals surface area (Å²) >= 11 is 0. The molecule has 0 unspecified atom stereocenters. The summed E-state index contributed by atoms with van der Waals surface area (Å²) in [6.45, 7) is 5.68. The van der Waals surface area contributed by atoms with Crippen LogP contribution in [0.15, 0.2) is 42.5 Å². The number of carbonyl (C=O) groups excluding carboxylic acids is 2. The molecule has 0 saturated carbocycles. The van der Waals surface area contributed by atoms with Gasteiger partial charge in [-0.1, -0.05) is 24.3 Å². The number of rotatable bonds is 4. The van der Waals surface area contributed by atoms with Crippen LogP contribution in [0.5, 0.6) is 11.5 Å². The molecule has 2 heterocycles. The summed E-state index contributed by atoms with van der Waals surface area (Å²) in [6, 6.07) is 13.5. The second-order valence-electron chi connectivity index (χ2n) is 8.21. The first-order valence-corrected chi connectivity index (χ1v) is 10.3. The van der Waals surface area contributed by atoms with Crippen LogP contribution < -0.4 is 9.47 Å². The molecule has 2 aromatic carbocycles. The lowest BCUT2D eigenvalue weighted by molar-refractivity contribution is -0.130. The summed E-state index contributed by atoms with van der Waals surface area (Å²) in [4.78, 5) is 29.5. The summed E-state index contributed by atoms with van der Waals surface area (Å²) in [5.41, 5.74) is 2.91. The lowest BCUT2D eigenvalue weighted by atomic mass is 9.87. The molecule has 2 aliphatic rings. The molecule has 0 bridgehead atoms. The zero-order valence-corrected chi connectivity index (χ0v) is 17.9. The molecule has 0 aliphatic carbocycles. The second-order valence-corrected chi connectivity index (χ2v) is 8.21. The Labute approximate surface area is 177 Å². The Morgan fingerprint density at radius 1 is 0.967 bits per heavy atom. The number of aryl methyl sites for hydroxylation is 1. The highest BCUT2D eigenvalue weighted by molar-refractivity contribution is 5.95. The van der Waals surface area contributed by atoms with E-state index in [9.17, 15) is 9.59 Å². The standard InChI is InChI=1S/C24H28N2O4/c1-15-7-5-6-8-21(15)23-22-14-25(12-18(22)13-26(23)16(2)27)24(28)17-9-19(29-3)11-20(10-17)30-4/h5-11,18,22-23H,12-14H2,1-4H3/t18-,22-,23+/m1/s1. The van der Waals surface area contributed by atoms with E-state index in [-0.39, 0.29) is 29.7 Å². The number of likely N-dealkylation sites (tertiary alicyclic amines) is 2. The molecule has 2 saturated heterocycles. The van der Waals surface area contributed by atoms with Crippen molar-refractivity contribution in [3.8, 4) is 11.5 Å². The lowest BCUT2D eigenvalue weighted by Gasteiger charge is -2.30. The van der Waals surface area contributed by atoms with Gasteiger partial charge in [-0.3, -0.25) is 9.59 Å². The van der Waals surface area contributed by atoms with E-state index in [4.69, 9.17) is 9.47 Å². The van der Waals surface area contributed by atoms with Crippen molar-refractivity contribution in [2.24, 2.45) is 11.8 Å². The van der Waals surface area contributed by atoms with Crippen molar-refractivity contribution in [2.75, 3.05) is 33.9 Å². The highest BCUT2D eigenvalue weighted by Crippen LogP contribution is 2.46. The van der Waals surface area contributed by atoms with Gasteiger partial charge in [0.25, 0.3) is 5.91 Å². The normalized spacial score (nSPS) is 22.7. The van der Waals surface area contributed by atoms with Gasteiger partial charge in [-0.25, -0.2) is 0 Å². The Morgan fingerprint density at radius 2 is 1.63 bits per heavy atom. The molecule has 6 heteroatoms. The first-order chi connectivity index (χ1) is 14.4. The predicted molar refractivity (Wildman–Crippen MR) is 114 cm³/mol. The number of hydrogen-bond donors (Lipinski definition) is 0. The molecule has 0 radical (unpaired) electrons. The van der Waals surface area contributed by atoms with E-state index in [2.05, 4.69) is 19.1 Å². The smallest absolute Gasteiger partial charge is 0.254 e. The van der Waals surface area contributed by atoms with Crippen molar-refractivity contribution < 1.29 is 19.1 Å². The average molecular weight is 408 g/mol. The zero-order chi connectivity index (χ0) is 21.4. The largest absolute Gasteiger partial charge is 0.497 e. The number of fused-ring (bicyclic) bond motifs is 1. The lowest BCUT2D eigenvalue weighted by Crippen LogP contribution is -2.36. The fraction of sp³-hybridized carbons (Fsp3) is 0.417. The minimum atomic E-state index is -0.0282. The molecule has 2 aromatic rings. The van der Waals surface area contributed by atoms with Crippen LogP contribution in [0.1, 0.15) is 34.5 Å². The fourth-order valence-electron chi connectivity index (χ4n) is 4.97. The van der Waals surface area contributed by atoms with Crippen molar-refractivity contribution in [1.82, 2.24) is 9.80 Å². The number of nitrogens with zero attached hydrogens (tertiary/aromatic N) is 2. The summed E-state index contributed by atoms with van der Waals surface area (Å²) in [7, 11) is 3.15. The molecular formula is C24H28N2O4. The van der Waals surface area contributed by atoms with Crippen LogP contribution in [0.2, 0.25) is 0 Å². The third-order valence-corrected chi connectivity index (χ3v) is 6.46. The molecule has 0 spiro atoms. The molecule has 2 fully saturated rings. The van der Waals surface area contributed by atoms with E-state index in [0.29, 0.717) is 36.7 Å². The van der Waals surface area contributed by atoms with Crippen LogP contribution in [0, 0.1) is 18.8 Å². The van der Waals surface area contributed by atoms with E-state index in [1.807, 2.05) is 21.9 Å². The summed E-state index contributed by atoms with van der Waals surface area (Å²) < 4.78 is 10.6. The number of ether oxygens (including phenoxy) is 2. The molecule has 4 rings (SSSR count). The van der Waals surface area contributed by atoms with Gasteiger partial charge in [0, 0.05) is 50.0 Å². The van der Waals surface area contributed by atoms with Gasteiger partial charge in [0.2, 0.25) is 5.91 Å². The first-order valence-electron chi connectivity index (χ1n) is 10.3. The van der Waals surface area contributed by atoms with Crippen molar-refractivity contribution in [1.29, 1.82) is 0 Å². The minimum Gasteiger partial charge on any atom is -0.497 e. The number of benzene rings is 2. The molecule has 3 atom stereocenters. The summed E-state index contributed by atoms with van der Waals surface area (Å²) in [6.07, 6.45) is 0. The van der Waals surface area contributed by atoms with Crippen LogP contribution >= 0.6 is 0 Å². The Bertz CT molecular complexity index is 951. The number of carbonyl (C=O) groups is 2. The van der Waals surface area contributed by atoms with Crippen molar-refractivity contribution in [2.45, 2.75) is 19.9 Å². The van der Waals surface area contributed by atoms with Gasteiger partial charge in [-0.2, -0.15) is 0 Å². The SMILES string of the molecule is COc1cc(OC)cc(C(=O)N2C[C@@H]3CN(C(C)=O)[C@@H](c4ccccc4C)[C@@H]3C2)c1. The van der Waals surface area contributed by atoms with Gasteiger partial charge in [-0.05, 0) is 30.2 Å². The maximum atomic E-state index is 13.3. The zero-order valence-electron chi connectivity index (χ0n) is 17.9. The maximum absolute atomic E-state index is 13.3. The van der Waals surface area contributed by atoms with Gasteiger partial charge in [0.15, 0.2) is 0 Å². The Morgan fingerprint density at radius 3 is 2.23 bits per heavy atom. The second kappa shape index (κ2) is 8.01. The molecular weight excluding hydrogens is 380 g/mol.